The normalized spacial score (nSPS) is 19.6. The second kappa shape index (κ2) is 8.64. The first-order valence-electron chi connectivity index (χ1n) is 9.71. The van der Waals surface area contributed by atoms with Gasteiger partial charge in [-0.25, -0.2) is 13.1 Å². The molecule has 0 spiro atoms. The Kier molecular flexibility index (Phi) is 6.40. The molecule has 1 fully saturated rings. The van der Waals surface area contributed by atoms with Crippen LogP contribution in [0.15, 0.2) is 41.4 Å². The zero-order chi connectivity index (χ0) is 21.1. The Balaban J connectivity index is 1.82. The van der Waals surface area contributed by atoms with Gasteiger partial charge in [-0.3, -0.25) is 9.48 Å². The van der Waals surface area contributed by atoms with Crippen LogP contribution in [0.4, 0.5) is 0 Å². The first kappa shape index (κ1) is 21.5. The molecular formula is C20H28N4O4S. The molecule has 1 unspecified atom stereocenters. The van der Waals surface area contributed by atoms with Crippen molar-refractivity contribution in [3.8, 4) is 0 Å². The van der Waals surface area contributed by atoms with Crippen molar-refractivity contribution in [1.29, 1.82) is 0 Å². The lowest BCUT2D eigenvalue weighted by Crippen LogP contribution is -2.51. The summed E-state index contributed by atoms with van der Waals surface area (Å²) in [5.74, 6) is -0.125. The van der Waals surface area contributed by atoms with Gasteiger partial charge in [-0.2, -0.15) is 5.10 Å². The van der Waals surface area contributed by atoms with Gasteiger partial charge in [-0.1, -0.05) is 18.2 Å². The Bertz CT molecular complexity index is 958. The van der Waals surface area contributed by atoms with Crippen molar-refractivity contribution in [2.75, 3.05) is 26.8 Å². The zero-order valence-corrected chi connectivity index (χ0v) is 17.9. The van der Waals surface area contributed by atoms with Gasteiger partial charge in [0.2, 0.25) is 10.0 Å². The number of methoxy groups -OCH3 is 1. The predicted molar refractivity (Wildman–Crippen MR) is 109 cm³/mol. The average molecular weight is 421 g/mol. The SMILES string of the molecule is CCn1cc(C(=O)N2CCC(CCOC)(NS(=O)(=O)c3ccccc3)C2)c(C)n1. The van der Waals surface area contributed by atoms with Crippen molar-refractivity contribution in [1.82, 2.24) is 19.4 Å². The summed E-state index contributed by atoms with van der Waals surface area (Å²) in [5.41, 5.74) is 0.464. The van der Waals surface area contributed by atoms with Gasteiger partial charge in [0.15, 0.2) is 0 Å². The minimum Gasteiger partial charge on any atom is -0.385 e. The van der Waals surface area contributed by atoms with Crippen molar-refractivity contribution >= 4 is 15.9 Å². The summed E-state index contributed by atoms with van der Waals surface area (Å²) in [6.45, 7) is 5.61. The molecule has 0 saturated carbocycles. The number of aryl methyl sites for hydroxylation is 2. The number of nitrogens with one attached hydrogen (secondary N) is 1. The molecule has 0 aliphatic carbocycles. The quantitative estimate of drug-likeness (QED) is 0.703. The van der Waals surface area contributed by atoms with E-state index in [0.29, 0.717) is 43.8 Å². The average Bonchev–Trinajstić information content (AvgIpc) is 3.30. The topological polar surface area (TPSA) is 93.5 Å². The van der Waals surface area contributed by atoms with Gasteiger partial charge >= 0.3 is 0 Å². The van der Waals surface area contributed by atoms with Gasteiger partial charge < -0.3 is 9.64 Å². The number of nitrogens with zero attached hydrogens (tertiary/aromatic N) is 3. The van der Waals surface area contributed by atoms with E-state index in [1.165, 1.54) is 0 Å². The molecule has 1 N–H and O–H groups in total. The van der Waals surface area contributed by atoms with Crippen LogP contribution in [0.25, 0.3) is 0 Å². The lowest BCUT2D eigenvalue weighted by Gasteiger charge is -2.30. The minimum absolute atomic E-state index is 0.125. The number of carbonyl (C=O) groups is 1. The van der Waals surface area contributed by atoms with Gasteiger partial charge in [-0.15, -0.1) is 0 Å². The van der Waals surface area contributed by atoms with Crippen LogP contribution in [-0.4, -0.2) is 61.4 Å². The monoisotopic (exact) mass is 420 g/mol. The smallest absolute Gasteiger partial charge is 0.257 e. The van der Waals surface area contributed by atoms with Crippen molar-refractivity contribution in [2.45, 2.75) is 43.7 Å². The summed E-state index contributed by atoms with van der Waals surface area (Å²) in [5, 5.41) is 4.34. The third kappa shape index (κ3) is 4.68. The molecule has 0 bridgehead atoms. The Morgan fingerprint density at radius 3 is 2.66 bits per heavy atom. The molecule has 1 saturated heterocycles. The molecular weight excluding hydrogens is 392 g/mol. The molecule has 1 aliphatic rings. The van der Waals surface area contributed by atoms with E-state index in [-0.39, 0.29) is 17.3 Å². The largest absolute Gasteiger partial charge is 0.385 e. The number of benzene rings is 1. The molecule has 8 nitrogen and oxygen atoms in total. The maximum Gasteiger partial charge on any atom is 0.257 e. The molecule has 2 aromatic rings. The fourth-order valence-electron chi connectivity index (χ4n) is 3.69. The molecule has 3 rings (SSSR count). The van der Waals surface area contributed by atoms with E-state index < -0.39 is 15.6 Å². The van der Waals surface area contributed by atoms with Crippen molar-refractivity contribution < 1.29 is 17.9 Å². The van der Waals surface area contributed by atoms with Crippen LogP contribution in [0, 0.1) is 6.92 Å². The van der Waals surface area contributed by atoms with E-state index in [0.717, 1.165) is 0 Å². The maximum absolute atomic E-state index is 13.1. The number of amides is 1. The highest BCUT2D eigenvalue weighted by Gasteiger charge is 2.43. The number of sulfonamides is 1. The Hall–Kier alpha value is -2.23. The Morgan fingerprint density at radius 2 is 2.03 bits per heavy atom. The highest BCUT2D eigenvalue weighted by Crippen LogP contribution is 2.29. The van der Waals surface area contributed by atoms with E-state index in [1.807, 2.05) is 13.8 Å². The molecule has 9 heteroatoms. The highest BCUT2D eigenvalue weighted by molar-refractivity contribution is 7.89. The summed E-state index contributed by atoms with van der Waals surface area (Å²) in [6.07, 6.45) is 2.75. The van der Waals surface area contributed by atoms with Gasteiger partial charge in [0.1, 0.15) is 0 Å². The molecule has 2 heterocycles. The first-order chi connectivity index (χ1) is 13.8. The number of likely N-dealkylation sites (tertiary alicyclic amines) is 1. The zero-order valence-electron chi connectivity index (χ0n) is 17.1. The van der Waals surface area contributed by atoms with E-state index in [2.05, 4.69) is 9.82 Å². The lowest BCUT2D eigenvalue weighted by molar-refractivity contribution is 0.0774. The van der Waals surface area contributed by atoms with Gasteiger partial charge in [-0.05, 0) is 38.8 Å². The van der Waals surface area contributed by atoms with Crippen molar-refractivity contribution in [3.63, 3.8) is 0 Å². The summed E-state index contributed by atoms with van der Waals surface area (Å²) >= 11 is 0. The number of rotatable bonds is 8. The second-order valence-corrected chi connectivity index (χ2v) is 9.08. The van der Waals surface area contributed by atoms with Crippen LogP contribution >= 0.6 is 0 Å². The van der Waals surface area contributed by atoms with Crippen LogP contribution in [0.3, 0.4) is 0 Å². The van der Waals surface area contributed by atoms with E-state index in [1.54, 1.807) is 53.2 Å². The van der Waals surface area contributed by atoms with Crippen molar-refractivity contribution in [2.24, 2.45) is 0 Å². The van der Waals surface area contributed by atoms with E-state index in [9.17, 15) is 13.2 Å². The summed E-state index contributed by atoms with van der Waals surface area (Å²) in [6, 6.07) is 8.28. The molecule has 1 aliphatic heterocycles. The fourth-order valence-corrected chi connectivity index (χ4v) is 5.16. The van der Waals surface area contributed by atoms with Crippen LogP contribution in [0.2, 0.25) is 0 Å². The van der Waals surface area contributed by atoms with Gasteiger partial charge in [0, 0.05) is 39.5 Å². The molecule has 0 radical (unpaired) electrons. The van der Waals surface area contributed by atoms with Gasteiger partial charge in [0.25, 0.3) is 5.91 Å². The molecule has 158 valence electrons. The van der Waals surface area contributed by atoms with Crippen LogP contribution in [0.1, 0.15) is 35.8 Å². The predicted octanol–water partition coefficient (Wildman–Crippen LogP) is 1.81. The minimum atomic E-state index is -3.71. The lowest BCUT2D eigenvalue weighted by atomic mass is 9.96. The Morgan fingerprint density at radius 1 is 1.31 bits per heavy atom. The van der Waals surface area contributed by atoms with Gasteiger partial charge in [0.05, 0.1) is 21.7 Å². The van der Waals surface area contributed by atoms with Crippen molar-refractivity contribution in [3.05, 3.63) is 47.8 Å². The summed E-state index contributed by atoms with van der Waals surface area (Å²) < 4.78 is 35.7. The van der Waals surface area contributed by atoms with E-state index in [4.69, 9.17) is 4.74 Å². The summed E-state index contributed by atoms with van der Waals surface area (Å²) in [4.78, 5) is 15.0. The first-order valence-corrected chi connectivity index (χ1v) is 11.2. The third-order valence-corrected chi connectivity index (χ3v) is 6.93. The Labute approximate surface area is 171 Å². The number of carbonyl (C=O) groups excluding carboxylic acids is 1. The van der Waals surface area contributed by atoms with Crippen LogP contribution < -0.4 is 4.72 Å². The number of hydrogen-bond donors (Lipinski definition) is 1. The van der Waals surface area contributed by atoms with E-state index >= 15 is 0 Å². The second-order valence-electron chi connectivity index (χ2n) is 7.40. The third-order valence-electron chi connectivity index (χ3n) is 5.33. The molecule has 1 aromatic heterocycles. The highest BCUT2D eigenvalue weighted by atomic mass is 32.2. The summed E-state index contributed by atoms with van der Waals surface area (Å²) in [7, 11) is -2.13. The van der Waals surface area contributed by atoms with Crippen LogP contribution in [0.5, 0.6) is 0 Å². The molecule has 1 aromatic carbocycles. The fraction of sp³-hybridized carbons (Fsp3) is 0.500. The standard InChI is InChI=1S/C20H28N4O4S/c1-4-24-14-18(16(2)21-24)19(25)23-12-10-20(15-23,11-13-28-3)22-29(26,27)17-8-6-5-7-9-17/h5-9,14,22H,4,10-13,15H2,1-3H3. The number of aromatic nitrogens is 2. The molecule has 29 heavy (non-hydrogen) atoms. The molecule has 1 atom stereocenters. The number of ether oxygens (including phenoxy) is 1. The van der Waals surface area contributed by atoms with Crippen LogP contribution in [-0.2, 0) is 21.3 Å². The maximum atomic E-state index is 13.1. The molecule has 1 amide bonds. The number of hydrogen-bond acceptors (Lipinski definition) is 5.